The molecule has 2 aliphatic rings. The first-order valence-corrected chi connectivity index (χ1v) is 9.66. The smallest absolute Gasteiger partial charge is 0.475 e. The molecule has 164 valence electrons. The average molecular weight is 419 g/mol. The van der Waals surface area contributed by atoms with Gasteiger partial charge in [0.25, 0.3) is 0 Å². The van der Waals surface area contributed by atoms with Gasteiger partial charge in [0.1, 0.15) is 5.76 Å². The van der Waals surface area contributed by atoms with E-state index >= 15 is 0 Å². The second kappa shape index (κ2) is 8.73. The number of carboxylic acids is 1. The molecule has 10 heteroatoms. The molecule has 1 aromatic rings. The van der Waals surface area contributed by atoms with E-state index in [1.807, 2.05) is 18.7 Å². The van der Waals surface area contributed by atoms with Crippen LogP contribution in [0.25, 0.3) is 0 Å². The first-order chi connectivity index (χ1) is 13.4. The van der Waals surface area contributed by atoms with Crippen LogP contribution in [-0.4, -0.2) is 63.8 Å². The van der Waals surface area contributed by atoms with E-state index in [1.165, 1.54) is 0 Å². The lowest BCUT2D eigenvalue weighted by molar-refractivity contribution is -0.192. The molecule has 1 N–H and O–H groups in total. The molecule has 2 aliphatic heterocycles. The zero-order chi connectivity index (χ0) is 22.0. The zero-order valence-corrected chi connectivity index (χ0v) is 17.2. The van der Waals surface area contributed by atoms with Gasteiger partial charge >= 0.3 is 12.1 Å². The topological polar surface area (TPSA) is 86.9 Å². The molecular weight excluding hydrogens is 391 g/mol. The lowest BCUT2D eigenvalue weighted by atomic mass is 9.72. The van der Waals surface area contributed by atoms with Crippen LogP contribution in [0, 0.1) is 19.3 Å². The average Bonchev–Trinajstić information content (AvgIpc) is 2.98. The number of halogens is 3. The van der Waals surface area contributed by atoms with Crippen molar-refractivity contribution < 1.29 is 32.4 Å². The fourth-order valence-electron chi connectivity index (χ4n) is 3.90. The number of likely N-dealkylation sites (tertiary alicyclic amines) is 2. The first-order valence-electron chi connectivity index (χ1n) is 9.66. The molecule has 1 spiro atoms. The standard InChI is InChI=1S/C17H27N3O2.C2HF3O2/c1-5-12(2)19-8-6-7-17(10-19)11-20(16(17)21)9-15-13(3)18-22-14(15)4;3-2(4,5)1(6)7/h12H,5-11H2,1-4H3;(H,6,7). The van der Waals surface area contributed by atoms with Crippen LogP contribution in [0.3, 0.4) is 0 Å². The minimum absolute atomic E-state index is 0.124. The molecule has 0 bridgehead atoms. The van der Waals surface area contributed by atoms with Crippen LogP contribution in [0.4, 0.5) is 13.2 Å². The molecule has 2 saturated heterocycles. The second-order valence-electron chi connectivity index (χ2n) is 7.88. The molecule has 0 radical (unpaired) electrons. The molecule has 3 rings (SSSR count). The van der Waals surface area contributed by atoms with Crippen molar-refractivity contribution in [2.75, 3.05) is 19.6 Å². The number of carbonyl (C=O) groups excluding carboxylic acids is 1. The third-order valence-corrected chi connectivity index (χ3v) is 5.83. The van der Waals surface area contributed by atoms with Crippen molar-refractivity contribution in [1.82, 2.24) is 15.0 Å². The summed E-state index contributed by atoms with van der Waals surface area (Å²) in [7, 11) is 0. The number of hydrogen-bond acceptors (Lipinski definition) is 5. The zero-order valence-electron chi connectivity index (χ0n) is 17.2. The largest absolute Gasteiger partial charge is 0.490 e. The van der Waals surface area contributed by atoms with Gasteiger partial charge in [-0.3, -0.25) is 9.69 Å². The molecular formula is C19H28F3N3O4. The molecule has 7 nitrogen and oxygen atoms in total. The number of β-lactam (4-membered cyclic amide) rings is 1. The summed E-state index contributed by atoms with van der Waals surface area (Å²) in [6, 6.07) is 0.571. The number of aryl methyl sites for hydroxylation is 2. The summed E-state index contributed by atoms with van der Waals surface area (Å²) in [5.74, 6) is -1.61. The summed E-state index contributed by atoms with van der Waals surface area (Å²) < 4.78 is 36.9. The Hall–Kier alpha value is -2.10. The molecule has 2 unspecified atom stereocenters. The fourth-order valence-corrected chi connectivity index (χ4v) is 3.90. The van der Waals surface area contributed by atoms with Gasteiger partial charge < -0.3 is 14.5 Å². The normalized spacial score (nSPS) is 23.4. The SMILES string of the molecule is CCC(C)N1CCCC2(CN(Cc3c(C)noc3C)C2=O)C1.O=C(O)C(F)(F)F. The number of alkyl halides is 3. The van der Waals surface area contributed by atoms with Gasteiger partial charge in [-0.15, -0.1) is 0 Å². The van der Waals surface area contributed by atoms with E-state index in [-0.39, 0.29) is 5.41 Å². The van der Waals surface area contributed by atoms with Crippen LogP contribution >= 0.6 is 0 Å². The minimum atomic E-state index is -5.08. The summed E-state index contributed by atoms with van der Waals surface area (Å²) in [6.07, 6.45) is -1.76. The highest BCUT2D eigenvalue weighted by Crippen LogP contribution is 2.42. The third-order valence-electron chi connectivity index (χ3n) is 5.83. The van der Waals surface area contributed by atoms with Crippen molar-refractivity contribution in [2.24, 2.45) is 5.41 Å². The first kappa shape index (κ1) is 23.2. The molecule has 2 fully saturated rings. The second-order valence-corrected chi connectivity index (χ2v) is 7.88. The van der Waals surface area contributed by atoms with Crippen LogP contribution < -0.4 is 0 Å². The maximum absolute atomic E-state index is 12.8. The molecule has 0 aliphatic carbocycles. The van der Waals surface area contributed by atoms with E-state index in [0.29, 0.717) is 18.5 Å². The number of hydrogen-bond donors (Lipinski definition) is 1. The highest BCUT2D eigenvalue weighted by Gasteiger charge is 2.54. The van der Waals surface area contributed by atoms with E-state index in [0.717, 1.165) is 55.9 Å². The third kappa shape index (κ3) is 5.09. The predicted molar refractivity (Wildman–Crippen MR) is 98.1 cm³/mol. The summed E-state index contributed by atoms with van der Waals surface area (Å²) in [6.45, 7) is 11.9. The highest BCUT2D eigenvalue weighted by molar-refractivity contribution is 5.89. The van der Waals surface area contributed by atoms with Crippen LogP contribution in [0.1, 0.15) is 50.1 Å². The summed E-state index contributed by atoms with van der Waals surface area (Å²) in [4.78, 5) is 26.1. The number of aliphatic carboxylic acids is 1. The quantitative estimate of drug-likeness (QED) is 0.755. The van der Waals surface area contributed by atoms with Gasteiger partial charge in [0.15, 0.2) is 0 Å². The minimum Gasteiger partial charge on any atom is -0.475 e. The Morgan fingerprint density at radius 3 is 2.41 bits per heavy atom. The van der Waals surface area contributed by atoms with Gasteiger partial charge in [-0.1, -0.05) is 12.1 Å². The lowest BCUT2D eigenvalue weighted by Crippen LogP contribution is -2.67. The van der Waals surface area contributed by atoms with E-state index in [9.17, 15) is 18.0 Å². The van der Waals surface area contributed by atoms with Crippen LogP contribution in [0.5, 0.6) is 0 Å². The van der Waals surface area contributed by atoms with Gasteiger partial charge in [0.2, 0.25) is 5.91 Å². The van der Waals surface area contributed by atoms with Crippen molar-refractivity contribution in [3.05, 3.63) is 17.0 Å². The molecule has 1 amide bonds. The summed E-state index contributed by atoms with van der Waals surface area (Å²) in [5.41, 5.74) is 1.84. The number of carbonyl (C=O) groups is 2. The Bertz CT molecular complexity index is 730. The van der Waals surface area contributed by atoms with Crippen molar-refractivity contribution in [1.29, 1.82) is 0 Å². The van der Waals surface area contributed by atoms with Crippen molar-refractivity contribution in [3.8, 4) is 0 Å². The number of amides is 1. The highest BCUT2D eigenvalue weighted by atomic mass is 19.4. The van der Waals surface area contributed by atoms with Gasteiger partial charge in [-0.05, 0) is 46.6 Å². The van der Waals surface area contributed by atoms with Gasteiger partial charge in [0, 0.05) is 24.7 Å². The molecule has 0 aromatic carbocycles. The van der Waals surface area contributed by atoms with Crippen LogP contribution in [0.15, 0.2) is 4.52 Å². The Kier molecular flexibility index (Phi) is 6.97. The van der Waals surface area contributed by atoms with Crippen LogP contribution in [-0.2, 0) is 16.1 Å². The Balaban J connectivity index is 0.000000370. The number of aromatic nitrogens is 1. The maximum atomic E-state index is 12.8. The van der Waals surface area contributed by atoms with E-state index in [4.69, 9.17) is 14.4 Å². The van der Waals surface area contributed by atoms with Crippen molar-refractivity contribution in [3.63, 3.8) is 0 Å². The monoisotopic (exact) mass is 419 g/mol. The molecule has 2 atom stereocenters. The lowest BCUT2D eigenvalue weighted by Gasteiger charge is -2.54. The Morgan fingerprint density at radius 1 is 1.34 bits per heavy atom. The predicted octanol–water partition coefficient (Wildman–Crippen LogP) is 3.15. The Labute approximate surface area is 167 Å². The van der Waals surface area contributed by atoms with E-state index in [1.54, 1.807) is 0 Å². The van der Waals surface area contributed by atoms with Crippen LogP contribution in [0.2, 0.25) is 0 Å². The molecule has 29 heavy (non-hydrogen) atoms. The molecule has 1 aromatic heterocycles. The number of nitrogens with zero attached hydrogens (tertiary/aromatic N) is 3. The van der Waals surface area contributed by atoms with Gasteiger partial charge in [0.05, 0.1) is 17.7 Å². The van der Waals surface area contributed by atoms with E-state index < -0.39 is 12.1 Å². The van der Waals surface area contributed by atoms with Gasteiger partial charge in [-0.25, -0.2) is 4.79 Å². The number of rotatable bonds is 4. The summed E-state index contributed by atoms with van der Waals surface area (Å²) in [5, 5.41) is 11.1. The maximum Gasteiger partial charge on any atom is 0.490 e. The number of piperidine rings is 1. The fraction of sp³-hybridized carbons (Fsp3) is 0.737. The van der Waals surface area contributed by atoms with Crippen molar-refractivity contribution >= 4 is 11.9 Å². The van der Waals surface area contributed by atoms with Gasteiger partial charge in [-0.2, -0.15) is 13.2 Å². The summed E-state index contributed by atoms with van der Waals surface area (Å²) >= 11 is 0. The Morgan fingerprint density at radius 2 is 1.97 bits per heavy atom. The number of carboxylic acid groups (broad SMARTS) is 1. The molecule has 0 saturated carbocycles. The van der Waals surface area contributed by atoms with E-state index in [2.05, 4.69) is 23.9 Å². The molecule has 3 heterocycles. The van der Waals surface area contributed by atoms with Crippen molar-refractivity contribution in [2.45, 2.75) is 65.7 Å².